The van der Waals surface area contributed by atoms with E-state index in [9.17, 15) is 0 Å². The van der Waals surface area contributed by atoms with Crippen molar-refractivity contribution in [3.05, 3.63) is 65.2 Å². The van der Waals surface area contributed by atoms with Crippen molar-refractivity contribution < 1.29 is 9.80 Å². The van der Waals surface area contributed by atoms with Crippen LogP contribution in [0.15, 0.2) is 48.5 Å². The Morgan fingerprint density at radius 2 is 1.68 bits per heavy atom. The Hall–Kier alpha value is -1.95. The predicted octanol–water partition coefficient (Wildman–Crippen LogP) is 1.13. The third kappa shape index (κ3) is 5.31. The van der Waals surface area contributed by atoms with Crippen LogP contribution in [0.3, 0.4) is 0 Å². The Morgan fingerprint density at radius 3 is 2.36 bits per heavy atom. The zero-order valence-corrected chi connectivity index (χ0v) is 18.3. The van der Waals surface area contributed by atoms with Crippen LogP contribution in [0.25, 0.3) is 0 Å². The highest BCUT2D eigenvalue weighted by molar-refractivity contribution is 7.80. The molecule has 2 atom stereocenters. The van der Waals surface area contributed by atoms with E-state index in [-0.39, 0.29) is 6.04 Å². The van der Waals surface area contributed by atoms with Gasteiger partial charge < -0.3 is 20.4 Å². The molecule has 0 amide bonds. The largest absolute Gasteiger partial charge is 0.354 e. The maximum Gasteiger partial charge on any atom is 0.171 e. The number of benzene rings is 2. The van der Waals surface area contributed by atoms with E-state index in [1.165, 1.54) is 42.9 Å². The van der Waals surface area contributed by atoms with Gasteiger partial charge in [0.05, 0.1) is 13.1 Å². The van der Waals surface area contributed by atoms with Gasteiger partial charge in [0.25, 0.3) is 0 Å². The van der Waals surface area contributed by atoms with E-state index in [1.54, 1.807) is 9.80 Å². The number of hydrogen-bond acceptors (Lipinski definition) is 1. The first-order valence-electron chi connectivity index (χ1n) is 10.3. The summed E-state index contributed by atoms with van der Waals surface area (Å²) in [5.41, 5.74) is 4.90. The summed E-state index contributed by atoms with van der Waals surface area (Å²) < 4.78 is 0. The van der Waals surface area contributed by atoms with E-state index in [1.807, 2.05) is 0 Å². The summed E-state index contributed by atoms with van der Waals surface area (Å²) in [5.74, 6) is 0. The maximum atomic E-state index is 5.67. The highest BCUT2D eigenvalue weighted by atomic mass is 32.1. The molecule has 150 valence electrons. The molecule has 1 heterocycles. The number of quaternary nitrogens is 2. The maximum absolute atomic E-state index is 5.67. The smallest absolute Gasteiger partial charge is 0.171 e. The minimum Gasteiger partial charge on any atom is -0.354 e. The molecule has 1 fully saturated rings. The highest BCUT2D eigenvalue weighted by Crippen LogP contribution is 2.17. The number of hydrogen-bond donors (Lipinski definition) is 4. The van der Waals surface area contributed by atoms with Crippen molar-refractivity contribution in [1.82, 2.24) is 5.32 Å². The summed E-state index contributed by atoms with van der Waals surface area (Å²) in [6.45, 7) is 11.3. The molecule has 1 saturated heterocycles. The lowest BCUT2D eigenvalue weighted by molar-refractivity contribution is -1.02. The van der Waals surface area contributed by atoms with Crippen LogP contribution in [-0.4, -0.2) is 44.4 Å². The summed E-state index contributed by atoms with van der Waals surface area (Å²) in [7, 11) is 2.29. The van der Waals surface area contributed by atoms with Gasteiger partial charge in [-0.25, -0.2) is 0 Å². The molecule has 1 aliphatic rings. The second-order valence-electron chi connectivity index (χ2n) is 8.21. The van der Waals surface area contributed by atoms with E-state index >= 15 is 0 Å². The summed E-state index contributed by atoms with van der Waals surface area (Å²) >= 11 is 5.67. The van der Waals surface area contributed by atoms with Gasteiger partial charge in [-0.3, -0.25) is 0 Å². The molecule has 0 spiro atoms. The lowest BCUT2D eigenvalue weighted by Crippen LogP contribution is -3.27. The number of nitrogens with one attached hydrogen (secondary N) is 4. The van der Waals surface area contributed by atoms with Crippen LogP contribution in [0.1, 0.15) is 29.7 Å². The molecule has 28 heavy (non-hydrogen) atoms. The summed E-state index contributed by atoms with van der Waals surface area (Å²) in [6, 6.07) is 17.9. The number of aryl methyl sites for hydroxylation is 2. The molecule has 2 aromatic rings. The van der Waals surface area contributed by atoms with Crippen molar-refractivity contribution in [3.8, 4) is 0 Å². The van der Waals surface area contributed by atoms with Gasteiger partial charge in [0.15, 0.2) is 5.11 Å². The first kappa shape index (κ1) is 20.8. The predicted molar refractivity (Wildman–Crippen MR) is 121 cm³/mol. The van der Waals surface area contributed by atoms with Crippen molar-refractivity contribution >= 4 is 23.0 Å². The number of likely N-dealkylation sites (N-methyl/N-ethyl adjacent to an activating group) is 1. The standard InChI is InChI=1S/C23H32N4S/c1-17-10-11-18(2)21(16-17)25-23(28)24-19(3)22(20-8-6-5-7-9-20)27-14-12-26(4)13-15-27/h5-11,16,19,22H,12-15H2,1-4H3,(H2,24,25,28)/p+2/t19-,22+/m1/s1. The molecule has 0 saturated carbocycles. The highest BCUT2D eigenvalue weighted by Gasteiger charge is 2.33. The van der Waals surface area contributed by atoms with E-state index in [2.05, 4.69) is 87.0 Å². The summed E-state index contributed by atoms with van der Waals surface area (Å²) in [5, 5.41) is 7.68. The van der Waals surface area contributed by atoms with Gasteiger partial charge in [-0.1, -0.05) is 42.5 Å². The Labute approximate surface area is 174 Å². The third-order valence-electron chi connectivity index (χ3n) is 5.84. The number of piperazine rings is 1. The van der Waals surface area contributed by atoms with Crippen LogP contribution in [-0.2, 0) is 0 Å². The van der Waals surface area contributed by atoms with Crippen LogP contribution < -0.4 is 20.4 Å². The van der Waals surface area contributed by atoms with Crippen LogP contribution in [0, 0.1) is 13.8 Å². The van der Waals surface area contributed by atoms with E-state index < -0.39 is 0 Å². The van der Waals surface area contributed by atoms with E-state index in [0.717, 1.165) is 5.69 Å². The van der Waals surface area contributed by atoms with Gasteiger partial charge in [0, 0.05) is 11.3 Å². The fourth-order valence-electron chi connectivity index (χ4n) is 4.17. The lowest BCUT2D eigenvalue weighted by atomic mass is 9.98. The Kier molecular flexibility index (Phi) is 7.05. The topological polar surface area (TPSA) is 32.9 Å². The van der Waals surface area contributed by atoms with Crippen molar-refractivity contribution in [1.29, 1.82) is 0 Å². The molecular weight excluding hydrogens is 364 g/mol. The molecule has 0 aliphatic carbocycles. The number of thiocarbonyl (C=S) groups is 1. The average molecular weight is 399 g/mol. The fourth-order valence-corrected chi connectivity index (χ4v) is 4.46. The molecule has 4 nitrogen and oxygen atoms in total. The zero-order chi connectivity index (χ0) is 20.1. The van der Waals surface area contributed by atoms with Crippen molar-refractivity contribution in [2.24, 2.45) is 0 Å². The fraction of sp³-hybridized carbons (Fsp3) is 0.435. The third-order valence-corrected chi connectivity index (χ3v) is 6.06. The first-order chi connectivity index (χ1) is 13.4. The minimum atomic E-state index is 0.237. The number of rotatable bonds is 5. The molecule has 0 unspecified atom stereocenters. The van der Waals surface area contributed by atoms with Gasteiger partial charge in [-0.2, -0.15) is 0 Å². The van der Waals surface area contributed by atoms with Gasteiger partial charge >= 0.3 is 0 Å². The van der Waals surface area contributed by atoms with E-state index in [0.29, 0.717) is 11.2 Å². The van der Waals surface area contributed by atoms with Gasteiger partial charge in [-0.15, -0.1) is 0 Å². The lowest BCUT2D eigenvalue weighted by Gasteiger charge is -2.37. The van der Waals surface area contributed by atoms with Gasteiger partial charge in [0.2, 0.25) is 0 Å². The van der Waals surface area contributed by atoms with Crippen LogP contribution in [0.4, 0.5) is 5.69 Å². The second kappa shape index (κ2) is 9.50. The normalized spacial score (nSPS) is 21.6. The van der Waals surface area contributed by atoms with Gasteiger partial charge in [-0.05, 0) is 50.2 Å². The Morgan fingerprint density at radius 1 is 1.00 bits per heavy atom. The Balaban J connectivity index is 1.72. The molecule has 0 bridgehead atoms. The Bertz CT molecular complexity index is 784. The first-order valence-corrected chi connectivity index (χ1v) is 10.7. The van der Waals surface area contributed by atoms with Crippen LogP contribution in [0.2, 0.25) is 0 Å². The molecule has 1 aliphatic heterocycles. The molecule has 0 radical (unpaired) electrons. The molecule has 5 heteroatoms. The van der Waals surface area contributed by atoms with Crippen molar-refractivity contribution in [3.63, 3.8) is 0 Å². The monoisotopic (exact) mass is 398 g/mol. The van der Waals surface area contributed by atoms with Crippen LogP contribution in [0.5, 0.6) is 0 Å². The summed E-state index contributed by atoms with van der Waals surface area (Å²) in [6.07, 6.45) is 0. The summed E-state index contributed by atoms with van der Waals surface area (Å²) in [4.78, 5) is 3.27. The average Bonchev–Trinajstić information content (AvgIpc) is 2.67. The number of anilines is 1. The van der Waals surface area contributed by atoms with Crippen molar-refractivity contribution in [2.45, 2.75) is 32.9 Å². The quantitative estimate of drug-likeness (QED) is 0.570. The second-order valence-corrected chi connectivity index (χ2v) is 8.62. The molecule has 3 rings (SSSR count). The SMILES string of the molecule is Cc1ccc(C)c(NC(=S)N[C@H](C)[C@@H](c2ccccc2)[NH+]2CC[NH+](C)CC2)c1. The van der Waals surface area contributed by atoms with E-state index in [4.69, 9.17) is 12.2 Å². The van der Waals surface area contributed by atoms with Crippen molar-refractivity contribution in [2.75, 3.05) is 38.5 Å². The zero-order valence-electron chi connectivity index (χ0n) is 17.5. The van der Waals surface area contributed by atoms with Crippen LogP contribution >= 0.6 is 12.2 Å². The minimum absolute atomic E-state index is 0.237. The molecular formula is C23H34N4S+2. The molecule has 0 aromatic heterocycles. The molecule has 2 aromatic carbocycles. The van der Waals surface area contributed by atoms with Gasteiger partial charge in [0.1, 0.15) is 32.2 Å². The molecule has 4 N–H and O–H groups in total.